The van der Waals surface area contributed by atoms with E-state index < -0.39 is 0 Å². The van der Waals surface area contributed by atoms with Crippen LogP contribution >= 0.6 is 0 Å². The fraction of sp³-hybridized carbons (Fsp3) is 0.310. The van der Waals surface area contributed by atoms with Crippen LogP contribution in [0.2, 0.25) is 0 Å². The number of unbranched alkanes of at least 4 members (excludes halogenated alkanes) is 6. The molecular formula is C42H45N. The quantitative estimate of drug-likeness (QED) is 0.130. The third-order valence-corrected chi connectivity index (χ3v) is 9.48. The third-order valence-electron chi connectivity index (χ3n) is 9.48. The van der Waals surface area contributed by atoms with Gasteiger partial charge in [-0.05, 0) is 64.4 Å². The molecule has 1 heterocycles. The molecule has 1 aliphatic carbocycles. The Hall–Kier alpha value is -3.97. The van der Waals surface area contributed by atoms with E-state index in [1.807, 2.05) is 0 Å². The van der Waals surface area contributed by atoms with Crippen molar-refractivity contribution in [2.24, 2.45) is 0 Å². The van der Waals surface area contributed by atoms with Gasteiger partial charge in [0.2, 0.25) is 0 Å². The molecule has 0 N–H and O–H groups in total. The van der Waals surface area contributed by atoms with Crippen molar-refractivity contribution in [2.75, 3.05) is 0 Å². The molecule has 0 aliphatic heterocycles. The number of pyridine rings is 1. The van der Waals surface area contributed by atoms with Gasteiger partial charge in [0.1, 0.15) is 0 Å². The van der Waals surface area contributed by atoms with E-state index in [-0.39, 0.29) is 5.41 Å². The SMILES string of the molecule is CCCCCCC1(CCCCCC)c2ccccc2-c2ccc(-c3cc(-c4ccccc4)cc(-c4ccccc4)n3)cc21. The van der Waals surface area contributed by atoms with Crippen LogP contribution in [0.25, 0.3) is 44.8 Å². The summed E-state index contributed by atoms with van der Waals surface area (Å²) in [6.07, 6.45) is 12.8. The zero-order valence-corrected chi connectivity index (χ0v) is 26.0. The molecule has 1 aromatic heterocycles. The first-order valence-corrected chi connectivity index (χ1v) is 16.6. The zero-order chi connectivity index (χ0) is 29.5. The lowest BCUT2D eigenvalue weighted by molar-refractivity contribution is 0.401. The average Bonchev–Trinajstić information content (AvgIpc) is 3.35. The van der Waals surface area contributed by atoms with Gasteiger partial charge in [-0.2, -0.15) is 0 Å². The molecule has 218 valence electrons. The standard InChI is InChI=1S/C42H45N/c1-3-5-7-17-27-42(28-18-8-6-4-2)38-24-16-15-23-36(38)37-26-25-34(29-39(37)42)41-31-35(32-19-11-9-12-20-32)30-40(43-41)33-21-13-10-14-22-33/h9-16,19-26,29-31H,3-8,17-18,27-28H2,1-2H3. The van der Waals surface area contributed by atoms with Gasteiger partial charge in [-0.25, -0.2) is 4.98 Å². The van der Waals surface area contributed by atoms with Gasteiger partial charge in [0, 0.05) is 16.5 Å². The second kappa shape index (κ2) is 13.6. The Morgan fingerprint density at radius 1 is 0.442 bits per heavy atom. The maximum Gasteiger partial charge on any atom is 0.0715 e. The van der Waals surface area contributed by atoms with Gasteiger partial charge in [0.15, 0.2) is 0 Å². The van der Waals surface area contributed by atoms with Gasteiger partial charge in [-0.15, -0.1) is 0 Å². The molecule has 0 spiro atoms. The van der Waals surface area contributed by atoms with E-state index in [4.69, 9.17) is 4.98 Å². The van der Waals surface area contributed by atoms with E-state index >= 15 is 0 Å². The summed E-state index contributed by atoms with van der Waals surface area (Å²) in [4.78, 5) is 5.29. The highest BCUT2D eigenvalue weighted by Crippen LogP contribution is 2.55. The average molecular weight is 564 g/mol. The minimum absolute atomic E-state index is 0.0721. The number of hydrogen-bond acceptors (Lipinski definition) is 1. The molecule has 0 radical (unpaired) electrons. The van der Waals surface area contributed by atoms with Crippen LogP contribution in [0.15, 0.2) is 115 Å². The number of rotatable bonds is 13. The molecule has 5 aromatic rings. The van der Waals surface area contributed by atoms with E-state index in [0.29, 0.717) is 0 Å². The minimum atomic E-state index is 0.0721. The van der Waals surface area contributed by atoms with Crippen LogP contribution < -0.4 is 0 Å². The summed E-state index contributed by atoms with van der Waals surface area (Å²) >= 11 is 0. The van der Waals surface area contributed by atoms with Crippen LogP contribution in [0.4, 0.5) is 0 Å². The normalized spacial score (nSPS) is 13.1. The Bertz CT molecular complexity index is 1560. The third kappa shape index (κ3) is 6.09. The van der Waals surface area contributed by atoms with Crippen LogP contribution in [0, 0.1) is 0 Å². The first-order chi connectivity index (χ1) is 21.2. The van der Waals surface area contributed by atoms with Crippen molar-refractivity contribution in [2.45, 2.75) is 83.5 Å². The monoisotopic (exact) mass is 563 g/mol. The molecule has 0 fully saturated rings. The highest BCUT2D eigenvalue weighted by molar-refractivity contribution is 5.84. The first-order valence-electron chi connectivity index (χ1n) is 16.6. The number of hydrogen-bond donors (Lipinski definition) is 0. The first kappa shape index (κ1) is 29.1. The van der Waals surface area contributed by atoms with E-state index in [0.717, 1.165) is 17.0 Å². The lowest BCUT2D eigenvalue weighted by Crippen LogP contribution is -2.25. The van der Waals surface area contributed by atoms with Crippen LogP contribution in [-0.4, -0.2) is 4.98 Å². The second-order valence-electron chi connectivity index (χ2n) is 12.4. The van der Waals surface area contributed by atoms with Gasteiger partial charge in [-0.1, -0.05) is 162 Å². The summed E-state index contributed by atoms with van der Waals surface area (Å²) in [5.74, 6) is 0. The van der Waals surface area contributed by atoms with Crippen molar-refractivity contribution in [3.8, 4) is 44.8 Å². The Kier molecular flexibility index (Phi) is 9.18. The van der Waals surface area contributed by atoms with E-state index in [1.165, 1.54) is 97.6 Å². The molecule has 4 aromatic carbocycles. The van der Waals surface area contributed by atoms with Gasteiger partial charge in [0.25, 0.3) is 0 Å². The number of benzene rings is 4. The Labute approximate surface area is 259 Å². The summed E-state index contributed by atoms with van der Waals surface area (Å²) in [6.45, 7) is 4.63. The Balaban J connectivity index is 1.48. The molecule has 0 bridgehead atoms. The fourth-order valence-electron chi connectivity index (χ4n) is 7.22. The molecule has 0 atom stereocenters. The van der Waals surface area contributed by atoms with Crippen molar-refractivity contribution in [3.05, 3.63) is 126 Å². The molecule has 1 nitrogen and oxygen atoms in total. The molecule has 6 rings (SSSR count). The van der Waals surface area contributed by atoms with Gasteiger partial charge in [0.05, 0.1) is 11.4 Å². The highest BCUT2D eigenvalue weighted by atomic mass is 14.7. The van der Waals surface area contributed by atoms with Crippen LogP contribution in [0.1, 0.15) is 89.2 Å². The van der Waals surface area contributed by atoms with E-state index in [1.54, 1.807) is 5.56 Å². The van der Waals surface area contributed by atoms with Crippen molar-refractivity contribution in [3.63, 3.8) is 0 Å². The van der Waals surface area contributed by atoms with Gasteiger partial charge in [-0.3, -0.25) is 0 Å². The largest absolute Gasteiger partial charge is 0.248 e. The van der Waals surface area contributed by atoms with E-state index in [2.05, 4.69) is 129 Å². The zero-order valence-electron chi connectivity index (χ0n) is 26.0. The summed E-state index contributed by atoms with van der Waals surface area (Å²) < 4.78 is 0. The minimum Gasteiger partial charge on any atom is -0.248 e. The van der Waals surface area contributed by atoms with Crippen molar-refractivity contribution >= 4 is 0 Å². The smallest absolute Gasteiger partial charge is 0.0715 e. The topological polar surface area (TPSA) is 12.9 Å². The molecule has 43 heavy (non-hydrogen) atoms. The summed E-state index contributed by atoms with van der Waals surface area (Å²) in [5.41, 5.74) is 12.9. The van der Waals surface area contributed by atoms with Crippen LogP contribution in [0.5, 0.6) is 0 Å². The molecule has 1 heteroatoms. The second-order valence-corrected chi connectivity index (χ2v) is 12.4. The lowest BCUT2D eigenvalue weighted by Gasteiger charge is -2.33. The maximum absolute atomic E-state index is 5.29. The summed E-state index contributed by atoms with van der Waals surface area (Å²) in [5, 5.41) is 0. The predicted molar refractivity (Wildman–Crippen MR) is 184 cm³/mol. The molecule has 0 amide bonds. The fourth-order valence-corrected chi connectivity index (χ4v) is 7.22. The molecule has 1 aliphatic rings. The highest BCUT2D eigenvalue weighted by Gasteiger charge is 2.42. The Morgan fingerprint density at radius 2 is 1.00 bits per heavy atom. The molecular weight excluding hydrogens is 518 g/mol. The molecule has 0 unspecified atom stereocenters. The predicted octanol–water partition coefficient (Wildman–Crippen LogP) is 12.3. The number of fused-ring (bicyclic) bond motifs is 3. The summed E-state index contributed by atoms with van der Waals surface area (Å²) in [6, 6.07) is 42.3. The lowest BCUT2D eigenvalue weighted by atomic mass is 9.70. The Morgan fingerprint density at radius 3 is 1.65 bits per heavy atom. The van der Waals surface area contributed by atoms with Crippen molar-refractivity contribution in [1.82, 2.24) is 4.98 Å². The number of nitrogens with zero attached hydrogens (tertiary/aromatic N) is 1. The van der Waals surface area contributed by atoms with Gasteiger partial charge < -0.3 is 0 Å². The van der Waals surface area contributed by atoms with E-state index in [9.17, 15) is 0 Å². The van der Waals surface area contributed by atoms with Crippen molar-refractivity contribution in [1.29, 1.82) is 0 Å². The molecule has 0 saturated heterocycles. The van der Waals surface area contributed by atoms with Crippen molar-refractivity contribution < 1.29 is 0 Å². The number of aromatic nitrogens is 1. The molecule has 0 saturated carbocycles. The van der Waals surface area contributed by atoms with Gasteiger partial charge >= 0.3 is 0 Å². The summed E-state index contributed by atoms with van der Waals surface area (Å²) in [7, 11) is 0. The van der Waals surface area contributed by atoms with Crippen LogP contribution in [0.3, 0.4) is 0 Å². The maximum atomic E-state index is 5.29. The van der Waals surface area contributed by atoms with Crippen LogP contribution in [-0.2, 0) is 5.41 Å².